The predicted octanol–water partition coefficient (Wildman–Crippen LogP) is 4.84. The number of nitrogens with one attached hydrogen (secondary N) is 1. The zero-order chi connectivity index (χ0) is 21.3. The highest BCUT2D eigenvalue weighted by atomic mass is 16.5. The highest BCUT2D eigenvalue weighted by Gasteiger charge is 2.23. The van der Waals surface area contributed by atoms with E-state index in [0.717, 1.165) is 75.3 Å². The molecule has 166 valence electrons. The maximum absolute atomic E-state index is 12.6. The van der Waals surface area contributed by atoms with Crippen LogP contribution < -0.4 is 10.1 Å². The Morgan fingerprint density at radius 3 is 2.32 bits per heavy atom. The van der Waals surface area contributed by atoms with Crippen LogP contribution in [0.3, 0.4) is 0 Å². The van der Waals surface area contributed by atoms with Gasteiger partial charge in [-0.1, -0.05) is 18.2 Å². The first-order valence-corrected chi connectivity index (χ1v) is 11.5. The first-order chi connectivity index (χ1) is 15.3. The minimum Gasteiger partial charge on any atom is -0.457 e. The highest BCUT2D eigenvalue weighted by molar-refractivity contribution is 5.89. The summed E-state index contributed by atoms with van der Waals surface area (Å²) in [7, 11) is 0. The molecule has 6 nitrogen and oxygen atoms in total. The number of nitrogens with zero attached hydrogens (tertiary/aromatic N) is 2. The summed E-state index contributed by atoms with van der Waals surface area (Å²) in [6, 6.07) is 17.2. The highest BCUT2D eigenvalue weighted by Crippen LogP contribution is 2.25. The number of para-hydroxylation sites is 1. The molecule has 2 aromatic rings. The molecule has 2 aromatic carbocycles. The molecule has 2 fully saturated rings. The minimum atomic E-state index is -0.0107. The zero-order valence-corrected chi connectivity index (χ0v) is 18.2. The van der Waals surface area contributed by atoms with Crippen LogP contribution in [0.4, 0.5) is 10.5 Å². The fourth-order valence-corrected chi connectivity index (χ4v) is 4.29. The normalized spacial score (nSPS) is 18.0. The molecule has 0 aliphatic carbocycles. The first-order valence-electron chi connectivity index (χ1n) is 11.5. The molecule has 2 amide bonds. The molecule has 2 heterocycles. The van der Waals surface area contributed by atoms with Gasteiger partial charge in [0.2, 0.25) is 0 Å². The number of carbonyl (C=O) groups excluding carboxylic acids is 1. The van der Waals surface area contributed by atoms with E-state index in [4.69, 9.17) is 9.47 Å². The molecule has 0 aromatic heterocycles. The standard InChI is InChI=1S/C25H33N3O3/c29-25(26-22-8-10-24(11-9-22)31-23-6-2-1-3-7-23)28-15-12-21(13-16-28)5-4-14-27-17-19-30-20-18-27/h1-3,6-11,21H,4-5,12-20H2,(H,26,29). The van der Waals surface area contributed by atoms with E-state index in [-0.39, 0.29) is 6.03 Å². The van der Waals surface area contributed by atoms with Crippen LogP contribution in [0.25, 0.3) is 0 Å². The molecule has 2 aliphatic rings. The third-order valence-electron chi connectivity index (χ3n) is 6.18. The van der Waals surface area contributed by atoms with E-state index in [1.54, 1.807) is 0 Å². The van der Waals surface area contributed by atoms with Crippen molar-refractivity contribution in [2.24, 2.45) is 5.92 Å². The van der Waals surface area contributed by atoms with E-state index in [0.29, 0.717) is 0 Å². The zero-order valence-electron chi connectivity index (χ0n) is 18.2. The monoisotopic (exact) mass is 423 g/mol. The molecule has 2 aliphatic heterocycles. The third-order valence-corrected chi connectivity index (χ3v) is 6.18. The number of morpholine rings is 1. The number of rotatable bonds is 7. The van der Waals surface area contributed by atoms with Crippen molar-refractivity contribution >= 4 is 11.7 Å². The molecule has 0 spiro atoms. The summed E-state index contributed by atoms with van der Waals surface area (Å²) in [5, 5.41) is 3.02. The molecule has 0 radical (unpaired) electrons. The molecule has 0 saturated carbocycles. The van der Waals surface area contributed by atoms with Crippen molar-refractivity contribution in [2.75, 3.05) is 51.3 Å². The Balaban J connectivity index is 1.16. The van der Waals surface area contributed by atoms with E-state index in [1.165, 1.54) is 19.4 Å². The smallest absolute Gasteiger partial charge is 0.321 e. The van der Waals surface area contributed by atoms with Gasteiger partial charge in [-0.15, -0.1) is 0 Å². The quantitative estimate of drug-likeness (QED) is 0.693. The van der Waals surface area contributed by atoms with Crippen molar-refractivity contribution in [1.82, 2.24) is 9.80 Å². The van der Waals surface area contributed by atoms with E-state index in [2.05, 4.69) is 10.2 Å². The summed E-state index contributed by atoms with van der Waals surface area (Å²) >= 11 is 0. The van der Waals surface area contributed by atoms with Crippen molar-refractivity contribution in [2.45, 2.75) is 25.7 Å². The Hall–Kier alpha value is -2.57. The average Bonchev–Trinajstić information content (AvgIpc) is 2.82. The maximum Gasteiger partial charge on any atom is 0.321 e. The summed E-state index contributed by atoms with van der Waals surface area (Å²) in [4.78, 5) is 17.1. The largest absolute Gasteiger partial charge is 0.457 e. The molecule has 6 heteroatoms. The Morgan fingerprint density at radius 1 is 0.935 bits per heavy atom. The minimum absolute atomic E-state index is 0.0107. The first kappa shape index (κ1) is 21.7. The Morgan fingerprint density at radius 2 is 1.61 bits per heavy atom. The molecule has 31 heavy (non-hydrogen) atoms. The number of amides is 2. The molecule has 1 N–H and O–H groups in total. The van der Waals surface area contributed by atoms with E-state index >= 15 is 0 Å². The maximum atomic E-state index is 12.6. The van der Waals surface area contributed by atoms with Gasteiger partial charge in [-0.25, -0.2) is 4.79 Å². The SMILES string of the molecule is O=C(Nc1ccc(Oc2ccccc2)cc1)N1CCC(CCCN2CCOCC2)CC1. The van der Waals surface area contributed by atoms with Gasteiger partial charge in [-0.2, -0.15) is 0 Å². The van der Waals surface area contributed by atoms with Crippen LogP contribution in [0.2, 0.25) is 0 Å². The fraction of sp³-hybridized carbons (Fsp3) is 0.480. The Bertz CT molecular complexity index is 799. The van der Waals surface area contributed by atoms with Crippen molar-refractivity contribution in [1.29, 1.82) is 0 Å². The second-order valence-corrected chi connectivity index (χ2v) is 8.40. The van der Waals surface area contributed by atoms with Gasteiger partial charge >= 0.3 is 6.03 Å². The molecular weight excluding hydrogens is 390 g/mol. The van der Waals surface area contributed by atoms with Crippen LogP contribution in [-0.4, -0.2) is 61.8 Å². The number of urea groups is 1. The number of benzene rings is 2. The van der Waals surface area contributed by atoms with Gasteiger partial charge in [0.15, 0.2) is 0 Å². The summed E-state index contributed by atoms with van der Waals surface area (Å²) < 4.78 is 11.2. The van der Waals surface area contributed by atoms with Crippen LogP contribution in [0.5, 0.6) is 11.5 Å². The fourth-order valence-electron chi connectivity index (χ4n) is 4.29. The Labute approximate surface area is 185 Å². The van der Waals surface area contributed by atoms with Crippen molar-refractivity contribution in [3.05, 3.63) is 54.6 Å². The lowest BCUT2D eigenvalue weighted by molar-refractivity contribution is 0.0363. The third kappa shape index (κ3) is 6.71. The van der Waals surface area contributed by atoms with E-state index < -0.39 is 0 Å². The lowest BCUT2D eigenvalue weighted by Crippen LogP contribution is -2.41. The molecule has 0 atom stereocenters. The molecule has 0 unspecified atom stereocenters. The number of hydrogen-bond donors (Lipinski definition) is 1. The number of piperidine rings is 1. The van der Waals surface area contributed by atoms with Crippen LogP contribution >= 0.6 is 0 Å². The van der Waals surface area contributed by atoms with Crippen molar-refractivity contribution < 1.29 is 14.3 Å². The van der Waals surface area contributed by atoms with Gasteiger partial charge < -0.3 is 19.7 Å². The second kappa shape index (κ2) is 11.2. The summed E-state index contributed by atoms with van der Waals surface area (Å²) in [5.41, 5.74) is 0.790. The van der Waals surface area contributed by atoms with Crippen LogP contribution in [0, 0.1) is 5.92 Å². The molecular formula is C25H33N3O3. The summed E-state index contributed by atoms with van der Waals surface area (Å²) in [5.74, 6) is 2.29. The van der Waals surface area contributed by atoms with Crippen molar-refractivity contribution in [3.8, 4) is 11.5 Å². The van der Waals surface area contributed by atoms with Gasteiger partial charge in [0.05, 0.1) is 13.2 Å². The van der Waals surface area contributed by atoms with E-state index in [9.17, 15) is 4.79 Å². The number of anilines is 1. The number of hydrogen-bond acceptors (Lipinski definition) is 4. The molecule has 0 bridgehead atoms. The van der Waals surface area contributed by atoms with Gasteiger partial charge in [-0.3, -0.25) is 4.90 Å². The number of ether oxygens (including phenoxy) is 2. The molecule has 2 saturated heterocycles. The molecule has 4 rings (SSSR count). The number of likely N-dealkylation sites (tertiary alicyclic amines) is 1. The average molecular weight is 424 g/mol. The van der Waals surface area contributed by atoms with Crippen LogP contribution in [0.1, 0.15) is 25.7 Å². The van der Waals surface area contributed by atoms with Crippen LogP contribution in [0.15, 0.2) is 54.6 Å². The topological polar surface area (TPSA) is 54.0 Å². The second-order valence-electron chi connectivity index (χ2n) is 8.40. The predicted molar refractivity (Wildman–Crippen MR) is 123 cm³/mol. The van der Waals surface area contributed by atoms with Gasteiger partial charge in [0.1, 0.15) is 11.5 Å². The summed E-state index contributed by atoms with van der Waals surface area (Å²) in [6.07, 6.45) is 4.70. The Kier molecular flexibility index (Phi) is 7.80. The van der Waals surface area contributed by atoms with E-state index in [1.807, 2.05) is 59.5 Å². The van der Waals surface area contributed by atoms with Gasteiger partial charge in [0, 0.05) is 31.9 Å². The van der Waals surface area contributed by atoms with Gasteiger partial charge in [-0.05, 0) is 74.5 Å². The number of carbonyl (C=O) groups is 1. The summed E-state index contributed by atoms with van der Waals surface area (Å²) in [6.45, 7) is 6.73. The lowest BCUT2D eigenvalue weighted by Gasteiger charge is -2.33. The van der Waals surface area contributed by atoms with Crippen LogP contribution in [-0.2, 0) is 4.74 Å². The van der Waals surface area contributed by atoms with Gasteiger partial charge in [0.25, 0.3) is 0 Å². The lowest BCUT2D eigenvalue weighted by atomic mass is 9.92. The van der Waals surface area contributed by atoms with Crippen molar-refractivity contribution in [3.63, 3.8) is 0 Å².